The van der Waals surface area contributed by atoms with Crippen molar-refractivity contribution >= 4 is 28.5 Å². The summed E-state index contributed by atoms with van der Waals surface area (Å²) in [6, 6.07) is 11.6. The molecule has 5 rings (SSSR count). The van der Waals surface area contributed by atoms with Gasteiger partial charge >= 0.3 is 0 Å². The molecular formula is C31H37FN6O4. The molecule has 1 aromatic heterocycles. The lowest BCUT2D eigenvalue weighted by Gasteiger charge is -2.35. The van der Waals surface area contributed by atoms with Crippen molar-refractivity contribution in [2.24, 2.45) is 5.92 Å². The van der Waals surface area contributed by atoms with Crippen LogP contribution in [0.2, 0.25) is 0 Å². The highest BCUT2D eigenvalue weighted by atomic mass is 19.1. The monoisotopic (exact) mass is 576 g/mol. The molecule has 0 radical (unpaired) electrons. The number of carbonyl (C=O) groups is 3. The van der Waals surface area contributed by atoms with Crippen LogP contribution >= 0.6 is 0 Å². The Balaban J connectivity index is 1.39. The van der Waals surface area contributed by atoms with E-state index in [4.69, 9.17) is 0 Å². The fourth-order valence-electron chi connectivity index (χ4n) is 5.27. The minimum Gasteiger partial charge on any atom is -0.339 e. The molecule has 3 amide bonds. The molecule has 0 unspecified atom stereocenters. The summed E-state index contributed by atoms with van der Waals surface area (Å²) in [5.74, 6) is -0.904. The van der Waals surface area contributed by atoms with Crippen molar-refractivity contribution in [3.63, 3.8) is 0 Å². The first-order valence-electron chi connectivity index (χ1n) is 14.4. The minimum absolute atomic E-state index is 0.00220. The topological polar surface area (TPSA) is 99.1 Å². The minimum atomic E-state index is -0.610. The number of fused-ring (bicyclic) bond motifs is 1. The van der Waals surface area contributed by atoms with Crippen molar-refractivity contribution in [1.29, 1.82) is 0 Å². The summed E-state index contributed by atoms with van der Waals surface area (Å²) < 4.78 is 16.2. The van der Waals surface area contributed by atoms with Crippen LogP contribution in [-0.4, -0.2) is 100 Å². The van der Waals surface area contributed by atoms with E-state index in [2.05, 4.69) is 5.10 Å². The number of piperazine rings is 1. The smallest absolute Gasteiger partial charge is 0.276 e. The number of halogens is 1. The van der Waals surface area contributed by atoms with E-state index in [1.807, 2.05) is 31.1 Å². The van der Waals surface area contributed by atoms with Gasteiger partial charge in [-0.15, -0.1) is 0 Å². The summed E-state index contributed by atoms with van der Waals surface area (Å²) in [6.45, 7) is 4.15. The molecule has 42 heavy (non-hydrogen) atoms. The third-order valence-electron chi connectivity index (χ3n) is 7.95. The van der Waals surface area contributed by atoms with Crippen LogP contribution in [0.3, 0.4) is 0 Å². The molecule has 1 aliphatic heterocycles. The van der Waals surface area contributed by atoms with Gasteiger partial charge < -0.3 is 19.6 Å². The largest absolute Gasteiger partial charge is 0.339 e. The molecule has 2 fully saturated rings. The van der Waals surface area contributed by atoms with Crippen molar-refractivity contribution < 1.29 is 18.8 Å². The molecule has 0 spiro atoms. The van der Waals surface area contributed by atoms with Crippen LogP contribution in [0.4, 0.5) is 4.39 Å². The Morgan fingerprint density at radius 3 is 2.26 bits per heavy atom. The lowest BCUT2D eigenvalue weighted by atomic mass is 10.0. The first-order valence-corrected chi connectivity index (χ1v) is 14.4. The van der Waals surface area contributed by atoms with Crippen molar-refractivity contribution in [3.8, 4) is 0 Å². The van der Waals surface area contributed by atoms with Crippen LogP contribution in [0.15, 0.2) is 47.3 Å². The molecule has 1 saturated carbocycles. The van der Waals surface area contributed by atoms with E-state index in [0.717, 1.165) is 12.8 Å². The molecule has 11 heteroatoms. The Labute approximate surface area is 244 Å². The zero-order valence-electron chi connectivity index (χ0n) is 24.4. The quantitative estimate of drug-likeness (QED) is 0.387. The molecule has 2 heterocycles. The average Bonchev–Trinajstić information content (AvgIpc) is 3.83. The van der Waals surface area contributed by atoms with Crippen LogP contribution in [0.25, 0.3) is 10.8 Å². The molecule has 0 N–H and O–H groups in total. The second-order valence-corrected chi connectivity index (χ2v) is 11.4. The van der Waals surface area contributed by atoms with E-state index < -0.39 is 11.7 Å². The third kappa shape index (κ3) is 6.51. The summed E-state index contributed by atoms with van der Waals surface area (Å²) in [6.07, 6.45) is 2.12. The Morgan fingerprint density at radius 1 is 0.952 bits per heavy atom. The van der Waals surface area contributed by atoms with Crippen LogP contribution in [0.1, 0.15) is 41.4 Å². The predicted octanol–water partition coefficient (Wildman–Crippen LogP) is 2.19. The van der Waals surface area contributed by atoms with E-state index in [9.17, 15) is 23.6 Å². The van der Waals surface area contributed by atoms with Crippen LogP contribution < -0.4 is 5.56 Å². The van der Waals surface area contributed by atoms with Crippen LogP contribution in [0.5, 0.6) is 0 Å². The highest BCUT2D eigenvalue weighted by molar-refractivity contribution is 5.95. The molecule has 2 aromatic carbocycles. The molecule has 3 aromatic rings. The molecule has 222 valence electrons. The Bertz CT molecular complexity index is 1560. The summed E-state index contributed by atoms with van der Waals surface area (Å²) in [7, 11) is 3.82. The number of carbonyl (C=O) groups excluding carboxylic acids is 3. The zero-order valence-corrected chi connectivity index (χ0v) is 24.4. The highest BCUT2D eigenvalue weighted by Gasteiger charge is 2.35. The summed E-state index contributed by atoms with van der Waals surface area (Å²) >= 11 is 0. The maximum Gasteiger partial charge on any atom is 0.276 e. The Kier molecular flexibility index (Phi) is 8.67. The van der Waals surface area contributed by atoms with Crippen molar-refractivity contribution in [2.45, 2.75) is 32.9 Å². The Hall–Kier alpha value is -4.12. The number of benzene rings is 2. The van der Waals surface area contributed by atoms with Gasteiger partial charge in [0.2, 0.25) is 11.8 Å². The van der Waals surface area contributed by atoms with Gasteiger partial charge in [-0.3, -0.25) is 19.2 Å². The van der Waals surface area contributed by atoms with E-state index in [0.29, 0.717) is 61.3 Å². The normalized spacial score (nSPS) is 15.4. The van der Waals surface area contributed by atoms with Crippen molar-refractivity contribution in [3.05, 3.63) is 75.5 Å². The van der Waals surface area contributed by atoms with Crippen molar-refractivity contribution in [1.82, 2.24) is 29.4 Å². The van der Waals surface area contributed by atoms with E-state index in [1.54, 1.807) is 39.0 Å². The number of likely N-dealkylation sites (N-methyl/N-ethyl adjacent to an activating group) is 1. The molecule has 0 atom stereocenters. The lowest BCUT2D eigenvalue weighted by Crippen LogP contribution is -2.51. The number of hydrogen-bond donors (Lipinski definition) is 0. The van der Waals surface area contributed by atoms with Gasteiger partial charge in [0.05, 0.1) is 16.6 Å². The fraction of sp³-hybridized carbons (Fsp3) is 0.452. The van der Waals surface area contributed by atoms with Gasteiger partial charge in [-0.05, 0) is 50.7 Å². The number of rotatable bonds is 9. The first kappa shape index (κ1) is 29.4. The van der Waals surface area contributed by atoms with E-state index in [-0.39, 0.29) is 41.9 Å². The maximum absolute atomic E-state index is 14.9. The van der Waals surface area contributed by atoms with E-state index in [1.165, 1.54) is 17.7 Å². The second-order valence-electron chi connectivity index (χ2n) is 11.4. The van der Waals surface area contributed by atoms with Gasteiger partial charge in [-0.25, -0.2) is 9.07 Å². The molecule has 1 aliphatic carbocycles. The van der Waals surface area contributed by atoms with Gasteiger partial charge in [0.25, 0.3) is 11.5 Å². The summed E-state index contributed by atoms with van der Waals surface area (Å²) in [5, 5.41) is 5.78. The first-order chi connectivity index (χ1) is 20.1. The van der Waals surface area contributed by atoms with Gasteiger partial charge in [-0.2, -0.15) is 5.10 Å². The molecule has 10 nitrogen and oxygen atoms in total. The van der Waals surface area contributed by atoms with Crippen molar-refractivity contribution in [2.75, 3.05) is 53.4 Å². The maximum atomic E-state index is 14.9. The third-order valence-corrected chi connectivity index (χ3v) is 7.95. The number of amides is 3. The lowest BCUT2D eigenvalue weighted by molar-refractivity contribution is -0.134. The van der Waals surface area contributed by atoms with Gasteiger partial charge in [0.15, 0.2) is 0 Å². The number of aromatic nitrogens is 2. The average molecular weight is 577 g/mol. The zero-order chi connectivity index (χ0) is 30.0. The number of nitrogens with zero attached hydrogens (tertiary/aromatic N) is 6. The fourth-order valence-corrected chi connectivity index (χ4v) is 5.27. The summed E-state index contributed by atoms with van der Waals surface area (Å²) in [5.41, 5.74) is 0.915. The molecule has 0 bridgehead atoms. The number of hydrogen-bond acceptors (Lipinski definition) is 6. The highest BCUT2D eigenvalue weighted by Crippen LogP contribution is 2.31. The standard InChI is InChI=1S/C31H37FN6O4/c1-21(39)37(13-12-34(2)3)20-38-31(42)25-7-5-4-6-24(25)28(33-38)19-22-8-11-27(32)26(18-22)30(41)36-16-14-35(15-17-36)29(40)23-9-10-23/h4-8,11,18,23H,9-10,12-17,19-20H2,1-3H3. The van der Waals surface area contributed by atoms with Crippen LogP contribution in [-0.2, 0) is 22.7 Å². The van der Waals surface area contributed by atoms with Gasteiger partial charge in [0.1, 0.15) is 12.5 Å². The van der Waals surface area contributed by atoms with Crippen LogP contribution in [0, 0.1) is 11.7 Å². The predicted molar refractivity (Wildman–Crippen MR) is 156 cm³/mol. The van der Waals surface area contributed by atoms with E-state index >= 15 is 0 Å². The second kappa shape index (κ2) is 12.4. The SMILES string of the molecule is CC(=O)N(CCN(C)C)Cn1nc(Cc2ccc(F)c(C(=O)N3CCN(C(=O)C4CC4)CC3)c2)c2ccccc2c1=O. The Morgan fingerprint density at radius 2 is 1.62 bits per heavy atom. The van der Waals surface area contributed by atoms with Gasteiger partial charge in [0, 0.05) is 63.9 Å². The molecule has 2 aliphatic rings. The molecule has 1 saturated heterocycles. The summed E-state index contributed by atoms with van der Waals surface area (Å²) in [4.78, 5) is 58.3. The molecular weight excluding hydrogens is 539 g/mol. The van der Waals surface area contributed by atoms with Gasteiger partial charge in [-0.1, -0.05) is 24.3 Å².